The maximum absolute atomic E-state index is 12.3. The van der Waals surface area contributed by atoms with Gasteiger partial charge in [-0.25, -0.2) is 4.79 Å². The number of nitrogens with one attached hydrogen (secondary N) is 2. The zero-order valence-corrected chi connectivity index (χ0v) is 19.9. The number of benzene rings is 2. The predicted octanol–water partition coefficient (Wildman–Crippen LogP) is 3.89. The van der Waals surface area contributed by atoms with Crippen LogP contribution in [0.4, 0.5) is 0 Å². The molecule has 0 aliphatic carbocycles. The van der Waals surface area contributed by atoms with Crippen molar-refractivity contribution in [3.05, 3.63) is 58.1 Å². The molecule has 0 atom stereocenters. The number of hydrogen-bond donors (Lipinski definition) is 2. The molecule has 2 N–H and O–H groups in total. The minimum Gasteiger partial charge on any atom is -0.492 e. The Morgan fingerprint density at radius 2 is 1.66 bits per heavy atom. The molecule has 0 heterocycles. The van der Waals surface area contributed by atoms with E-state index >= 15 is 0 Å². The quantitative estimate of drug-likeness (QED) is 0.374. The molecule has 172 valence electrons. The SMILES string of the molecule is CCCOC(=O)c1ccc(OCC(=O)NNC(=O)c2ccc(OCC(C)C)c(Br)c2)cc1. The Hall–Kier alpha value is -3.07. The third-order valence-electron chi connectivity index (χ3n) is 3.98. The molecular formula is C23H27BrN2O6. The monoisotopic (exact) mass is 506 g/mol. The number of halogens is 1. The molecule has 2 rings (SSSR count). The van der Waals surface area contributed by atoms with Crippen molar-refractivity contribution in [2.24, 2.45) is 5.92 Å². The molecular weight excluding hydrogens is 480 g/mol. The average molecular weight is 507 g/mol. The molecule has 0 aliphatic rings. The van der Waals surface area contributed by atoms with Crippen LogP contribution in [0, 0.1) is 5.92 Å². The zero-order chi connectivity index (χ0) is 23.5. The summed E-state index contributed by atoms with van der Waals surface area (Å²) in [6, 6.07) is 11.1. The number of carbonyl (C=O) groups excluding carboxylic acids is 3. The van der Waals surface area contributed by atoms with E-state index in [1.165, 1.54) is 0 Å². The molecule has 0 spiro atoms. The molecule has 2 amide bonds. The van der Waals surface area contributed by atoms with Crippen molar-refractivity contribution in [1.82, 2.24) is 10.9 Å². The number of hydrazine groups is 1. The van der Waals surface area contributed by atoms with Crippen LogP contribution in [0.1, 0.15) is 47.9 Å². The molecule has 0 saturated carbocycles. The van der Waals surface area contributed by atoms with Crippen molar-refractivity contribution in [3.63, 3.8) is 0 Å². The lowest BCUT2D eigenvalue weighted by atomic mass is 10.2. The number of amides is 2. The van der Waals surface area contributed by atoms with Crippen LogP contribution >= 0.6 is 15.9 Å². The fourth-order valence-corrected chi connectivity index (χ4v) is 2.86. The van der Waals surface area contributed by atoms with Gasteiger partial charge in [0.25, 0.3) is 11.8 Å². The smallest absolute Gasteiger partial charge is 0.338 e. The van der Waals surface area contributed by atoms with E-state index in [0.717, 1.165) is 6.42 Å². The summed E-state index contributed by atoms with van der Waals surface area (Å²) < 4.78 is 16.7. The van der Waals surface area contributed by atoms with Crippen LogP contribution < -0.4 is 20.3 Å². The van der Waals surface area contributed by atoms with Crippen LogP contribution in [-0.4, -0.2) is 37.6 Å². The number of hydrogen-bond acceptors (Lipinski definition) is 6. The zero-order valence-electron chi connectivity index (χ0n) is 18.3. The minimum atomic E-state index is -0.541. The summed E-state index contributed by atoms with van der Waals surface area (Å²) in [5.41, 5.74) is 5.37. The average Bonchev–Trinajstić information content (AvgIpc) is 2.78. The number of esters is 1. The summed E-state index contributed by atoms with van der Waals surface area (Å²) in [5, 5.41) is 0. The molecule has 2 aromatic rings. The number of ether oxygens (including phenoxy) is 3. The highest BCUT2D eigenvalue weighted by Crippen LogP contribution is 2.26. The fourth-order valence-electron chi connectivity index (χ4n) is 2.36. The topological polar surface area (TPSA) is 103 Å². The van der Waals surface area contributed by atoms with Gasteiger partial charge in [0.1, 0.15) is 11.5 Å². The number of rotatable bonds is 10. The molecule has 0 aliphatic heterocycles. The first-order chi connectivity index (χ1) is 15.3. The van der Waals surface area contributed by atoms with E-state index in [1.54, 1.807) is 42.5 Å². The Kier molecular flexibility index (Phi) is 10.0. The van der Waals surface area contributed by atoms with Crippen LogP contribution in [0.5, 0.6) is 11.5 Å². The van der Waals surface area contributed by atoms with Gasteiger partial charge < -0.3 is 14.2 Å². The van der Waals surface area contributed by atoms with E-state index in [-0.39, 0.29) is 6.61 Å². The van der Waals surface area contributed by atoms with Gasteiger partial charge in [0, 0.05) is 5.56 Å². The Balaban J connectivity index is 1.78. The lowest BCUT2D eigenvalue weighted by Crippen LogP contribution is -2.43. The third-order valence-corrected chi connectivity index (χ3v) is 4.60. The van der Waals surface area contributed by atoms with E-state index in [2.05, 4.69) is 26.8 Å². The largest absolute Gasteiger partial charge is 0.492 e. The summed E-state index contributed by atoms with van der Waals surface area (Å²) in [6.45, 7) is 6.60. The second-order valence-electron chi connectivity index (χ2n) is 7.30. The highest BCUT2D eigenvalue weighted by atomic mass is 79.9. The Morgan fingerprint density at radius 3 is 2.28 bits per heavy atom. The van der Waals surface area contributed by atoms with Gasteiger partial charge in [0.05, 0.1) is 23.2 Å². The van der Waals surface area contributed by atoms with Crippen LogP contribution in [-0.2, 0) is 9.53 Å². The summed E-state index contributed by atoms with van der Waals surface area (Å²) in [6.07, 6.45) is 0.744. The fraction of sp³-hybridized carbons (Fsp3) is 0.348. The maximum atomic E-state index is 12.3. The first kappa shape index (κ1) is 25.2. The molecule has 0 fully saturated rings. The molecule has 0 radical (unpaired) electrons. The van der Waals surface area contributed by atoms with Crippen LogP contribution in [0.2, 0.25) is 0 Å². The molecule has 0 bridgehead atoms. The Morgan fingerprint density at radius 1 is 0.969 bits per heavy atom. The van der Waals surface area contributed by atoms with Gasteiger partial charge in [0.15, 0.2) is 6.61 Å². The van der Waals surface area contributed by atoms with E-state index in [4.69, 9.17) is 14.2 Å². The molecule has 8 nitrogen and oxygen atoms in total. The van der Waals surface area contributed by atoms with Crippen molar-refractivity contribution < 1.29 is 28.6 Å². The standard InChI is InChI=1S/C23H27BrN2O6/c1-4-11-30-23(29)16-5-8-18(9-6-16)31-14-21(27)25-26-22(28)17-7-10-20(19(24)12-17)32-13-15(2)3/h5-10,12,15H,4,11,13-14H2,1-3H3,(H,25,27)(H,26,28). The van der Waals surface area contributed by atoms with Gasteiger partial charge in [-0.1, -0.05) is 20.8 Å². The molecule has 0 unspecified atom stereocenters. The van der Waals surface area contributed by atoms with Gasteiger partial charge in [-0.15, -0.1) is 0 Å². The summed E-state index contributed by atoms with van der Waals surface area (Å²) in [5.74, 6) is -0.0190. The van der Waals surface area contributed by atoms with E-state index < -0.39 is 17.8 Å². The predicted molar refractivity (Wildman–Crippen MR) is 123 cm³/mol. The Bertz CT molecular complexity index is 931. The maximum Gasteiger partial charge on any atom is 0.338 e. The van der Waals surface area contributed by atoms with Gasteiger partial charge in [-0.05, 0) is 70.7 Å². The van der Waals surface area contributed by atoms with E-state index in [0.29, 0.717) is 46.2 Å². The molecule has 32 heavy (non-hydrogen) atoms. The second kappa shape index (κ2) is 12.7. The lowest BCUT2D eigenvalue weighted by Gasteiger charge is -2.12. The highest BCUT2D eigenvalue weighted by molar-refractivity contribution is 9.10. The first-order valence-electron chi connectivity index (χ1n) is 10.2. The first-order valence-corrected chi connectivity index (χ1v) is 11.0. The highest BCUT2D eigenvalue weighted by Gasteiger charge is 2.12. The van der Waals surface area contributed by atoms with Crippen molar-refractivity contribution in [2.45, 2.75) is 27.2 Å². The van der Waals surface area contributed by atoms with Gasteiger partial charge in [0.2, 0.25) is 0 Å². The van der Waals surface area contributed by atoms with Gasteiger partial charge in [-0.3, -0.25) is 20.4 Å². The molecule has 2 aromatic carbocycles. The normalized spacial score (nSPS) is 10.4. The van der Waals surface area contributed by atoms with Crippen molar-refractivity contribution >= 4 is 33.7 Å². The summed E-state index contributed by atoms with van der Waals surface area (Å²) >= 11 is 3.38. The van der Waals surface area contributed by atoms with E-state index in [1.807, 2.05) is 20.8 Å². The van der Waals surface area contributed by atoms with Crippen molar-refractivity contribution in [3.8, 4) is 11.5 Å². The Labute approximate surface area is 195 Å². The van der Waals surface area contributed by atoms with Gasteiger partial charge >= 0.3 is 5.97 Å². The van der Waals surface area contributed by atoms with Crippen molar-refractivity contribution in [1.29, 1.82) is 0 Å². The van der Waals surface area contributed by atoms with Crippen LogP contribution in [0.25, 0.3) is 0 Å². The second-order valence-corrected chi connectivity index (χ2v) is 8.16. The lowest BCUT2D eigenvalue weighted by molar-refractivity contribution is -0.123. The van der Waals surface area contributed by atoms with Crippen LogP contribution in [0.15, 0.2) is 46.9 Å². The van der Waals surface area contributed by atoms with E-state index in [9.17, 15) is 14.4 Å². The van der Waals surface area contributed by atoms with Gasteiger partial charge in [-0.2, -0.15) is 0 Å². The minimum absolute atomic E-state index is 0.314. The number of carbonyl (C=O) groups is 3. The third kappa shape index (κ3) is 8.22. The van der Waals surface area contributed by atoms with Crippen LogP contribution in [0.3, 0.4) is 0 Å². The summed E-state index contributed by atoms with van der Waals surface area (Å²) in [7, 11) is 0. The molecule has 0 aromatic heterocycles. The molecule has 9 heteroatoms. The summed E-state index contributed by atoms with van der Waals surface area (Å²) in [4.78, 5) is 36.0. The van der Waals surface area contributed by atoms with Crippen molar-refractivity contribution in [2.75, 3.05) is 19.8 Å². The molecule has 0 saturated heterocycles.